The van der Waals surface area contributed by atoms with Crippen LogP contribution in [0.4, 0.5) is 5.82 Å². The summed E-state index contributed by atoms with van der Waals surface area (Å²) in [4.78, 5) is 34.7. The Morgan fingerprint density at radius 2 is 2.05 bits per heavy atom. The number of anilines is 1. The summed E-state index contributed by atoms with van der Waals surface area (Å²) in [6, 6.07) is 0. The molecular formula is C11H18N4O4. The van der Waals surface area contributed by atoms with Crippen molar-refractivity contribution in [2.75, 3.05) is 11.9 Å². The molecule has 0 aromatic carbocycles. The fourth-order valence-electron chi connectivity index (χ4n) is 1.56. The van der Waals surface area contributed by atoms with Crippen LogP contribution >= 0.6 is 0 Å². The van der Waals surface area contributed by atoms with Crippen LogP contribution in [0.15, 0.2) is 9.59 Å². The third-order valence-corrected chi connectivity index (χ3v) is 2.82. The van der Waals surface area contributed by atoms with Crippen molar-refractivity contribution in [3.05, 3.63) is 20.8 Å². The van der Waals surface area contributed by atoms with Gasteiger partial charge >= 0.3 is 11.7 Å². The van der Waals surface area contributed by atoms with Gasteiger partial charge < -0.3 is 10.4 Å². The van der Waals surface area contributed by atoms with Crippen LogP contribution in [0.3, 0.4) is 0 Å². The largest absolute Gasteiger partial charge is 0.481 e. The Bertz CT molecular complexity index is 546. The summed E-state index contributed by atoms with van der Waals surface area (Å²) < 4.78 is 0. The van der Waals surface area contributed by atoms with Crippen LogP contribution in [0.5, 0.6) is 0 Å². The van der Waals surface area contributed by atoms with Crippen molar-refractivity contribution in [2.24, 2.45) is 5.41 Å². The Morgan fingerprint density at radius 3 is 2.63 bits per heavy atom. The molecule has 1 aromatic rings. The Morgan fingerprint density at radius 1 is 1.37 bits per heavy atom. The highest BCUT2D eigenvalue weighted by Gasteiger charge is 2.19. The van der Waals surface area contributed by atoms with Crippen molar-refractivity contribution in [1.29, 1.82) is 0 Å². The maximum absolute atomic E-state index is 11.3. The third-order valence-electron chi connectivity index (χ3n) is 2.82. The lowest BCUT2D eigenvalue weighted by Crippen LogP contribution is -2.28. The second kappa shape index (κ2) is 6.17. The summed E-state index contributed by atoms with van der Waals surface area (Å²) in [5, 5.41) is 17.2. The second-order valence-corrected chi connectivity index (χ2v) is 5.09. The van der Waals surface area contributed by atoms with E-state index >= 15 is 0 Å². The lowest BCUT2D eigenvalue weighted by molar-refractivity contribution is -0.137. The molecule has 0 saturated heterocycles. The summed E-state index contributed by atoms with van der Waals surface area (Å²) in [6.07, 6.45) is 1.35. The molecule has 106 valence electrons. The Hall–Kier alpha value is -2.12. The second-order valence-electron chi connectivity index (χ2n) is 5.09. The van der Waals surface area contributed by atoms with E-state index in [2.05, 4.69) is 20.5 Å². The molecule has 8 heteroatoms. The van der Waals surface area contributed by atoms with Gasteiger partial charge in [-0.2, -0.15) is 0 Å². The number of aliphatic carboxylic acids is 1. The van der Waals surface area contributed by atoms with Crippen LogP contribution in [0.1, 0.15) is 33.1 Å². The molecule has 0 atom stereocenters. The highest BCUT2D eigenvalue weighted by Crippen LogP contribution is 2.26. The van der Waals surface area contributed by atoms with E-state index < -0.39 is 17.2 Å². The van der Waals surface area contributed by atoms with E-state index in [0.717, 1.165) is 0 Å². The molecule has 1 heterocycles. The van der Waals surface area contributed by atoms with E-state index in [4.69, 9.17) is 5.11 Å². The molecule has 0 amide bonds. The van der Waals surface area contributed by atoms with E-state index in [1.165, 1.54) is 0 Å². The van der Waals surface area contributed by atoms with Crippen molar-refractivity contribution in [2.45, 2.75) is 33.1 Å². The molecule has 0 radical (unpaired) electrons. The van der Waals surface area contributed by atoms with Crippen molar-refractivity contribution in [3.63, 3.8) is 0 Å². The average Bonchev–Trinajstić information content (AvgIpc) is 2.29. The van der Waals surface area contributed by atoms with Crippen LogP contribution in [-0.4, -0.2) is 32.8 Å². The standard InChI is InChI=1S/C11H18N4O4/c1-11(2,4-3-7(16)17)5-6-12-8-9(18)13-10(19)15-14-8/h3-6H2,1-2H3,(H,12,14)(H,16,17)(H2,13,15,18,19). The Labute approximate surface area is 109 Å². The van der Waals surface area contributed by atoms with Crippen molar-refractivity contribution in [3.8, 4) is 0 Å². The average molecular weight is 270 g/mol. The number of carboxylic acid groups (broad SMARTS) is 1. The first kappa shape index (κ1) is 14.9. The zero-order valence-corrected chi connectivity index (χ0v) is 10.9. The van der Waals surface area contributed by atoms with E-state index in [0.29, 0.717) is 19.4 Å². The van der Waals surface area contributed by atoms with Crippen LogP contribution in [0.25, 0.3) is 0 Å². The number of carboxylic acids is 1. The summed E-state index contributed by atoms with van der Waals surface area (Å²) >= 11 is 0. The SMILES string of the molecule is CC(C)(CCNc1n[nH]c(=O)[nH]c1=O)CCC(=O)O. The number of hydrogen-bond acceptors (Lipinski definition) is 5. The first-order valence-electron chi connectivity index (χ1n) is 5.95. The van der Waals surface area contributed by atoms with Gasteiger partial charge in [0.05, 0.1) is 0 Å². The van der Waals surface area contributed by atoms with Crippen LogP contribution in [-0.2, 0) is 4.79 Å². The normalized spacial score (nSPS) is 11.3. The summed E-state index contributed by atoms with van der Waals surface area (Å²) in [6.45, 7) is 4.39. The summed E-state index contributed by atoms with van der Waals surface area (Å²) in [7, 11) is 0. The first-order chi connectivity index (χ1) is 8.80. The van der Waals surface area contributed by atoms with E-state index in [-0.39, 0.29) is 17.7 Å². The number of rotatable bonds is 7. The van der Waals surface area contributed by atoms with Crippen LogP contribution in [0, 0.1) is 5.41 Å². The molecule has 0 aliphatic carbocycles. The predicted octanol–water partition coefficient (Wildman–Crippen LogP) is 0.151. The molecule has 1 aromatic heterocycles. The minimum Gasteiger partial charge on any atom is -0.481 e. The van der Waals surface area contributed by atoms with E-state index in [1.54, 1.807) is 0 Å². The molecule has 1 rings (SSSR count). The fourth-order valence-corrected chi connectivity index (χ4v) is 1.56. The molecule has 19 heavy (non-hydrogen) atoms. The first-order valence-corrected chi connectivity index (χ1v) is 5.95. The van der Waals surface area contributed by atoms with E-state index in [9.17, 15) is 14.4 Å². The maximum Gasteiger partial charge on any atom is 0.342 e. The Balaban J connectivity index is 2.47. The molecule has 0 spiro atoms. The van der Waals surface area contributed by atoms with Gasteiger partial charge in [-0.3, -0.25) is 14.6 Å². The molecule has 8 nitrogen and oxygen atoms in total. The summed E-state index contributed by atoms with van der Waals surface area (Å²) in [5.74, 6) is -0.770. The number of aromatic nitrogens is 3. The lowest BCUT2D eigenvalue weighted by Gasteiger charge is -2.23. The van der Waals surface area contributed by atoms with Crippen molar-refractivity contribution >= 4 is 11.8 Å². The minimum absolute atomic E-state index is 0.0497. The van der Waals surface area contributed by atoms with Gasteiger partial charge in [0.1, 0.15) is 0 Å². The highest BCUT2D eigenvalue weighted by atomic mass is 16.4. The zero-order chi connectivity index (χ0) is 14.5. The van der Waals surface area contributed by atoms with Crippen LogP contribution in [0.2, 0.25) is 0 Å². The molecule has 0 saturated carbocycles. The van der Waals surface area contributed by atoms with Gasteiger partial charge in [0.2, 0.25) is 5.82 Å². The third kappa shape index (κ3) is 5.36. The highest BCUT2D eigenvalue weighted by molar-refractivity contribution is 5.66. The number of nitrogens with one attached hydrogen (secondary N) is 3. The van der Waals surface area contributed by atoms with Gasteiger partial charge in [0.15, 0.2) is 0 Å². The number of aromatic amines is 2. The molecule has 0 bridgehead atoms. The maximum atomic E-state index is 11.3. The molecular weight excluding hydrogens is 252 g/mol. The number of nitrogens with zero attached hydrogens (tertiary/aromatic N) is 1. The topological polar surface area (TPSA) is 128 Å². The predicted molar refractivity (Wildman–Crippen MR) is 69.2 cm³/mol. The zero-order valence-electron chi connectivity index (χ0n) is 10.9. The van der Waals surface area contributed by atoms with Gasteiger partial charge in [-0.1, -0.05) is 13.8 Å². The number of carbonyl (C=O) groups is 1. The molecule has 0 aliphatic heterocycles. The van der Waals surface area contributed by atoms with Crippen molar-refractivity contribution in [1.82, 2.24) is 15.2 Å². The quantitative estimate of drug-likeness (QED) is 0.558. The minimum atomic E-state index is -0.820. The van der Waals surface area contributed by atoms with Gasteiger partial charge in [0, 0.05) is 13.0 Å². The van der Waals surface area contributed by atoms with Gasteiger partial charge in [0.25, 0.3) is 5.56 Å². The van der Waals surface area contributed by atoms with Gasteiger partial charge in [-0.05, 0) is 18.3 Å². The van der Waals surface area contributed by atoms with E-state index in [1.807, 2.05) is 13.8 Å². The monoisotopic (exact) mass is 270 g/mol. The van der Waals surface area contributed by atoms with Crippen LogP contribution < -0.4 is 16.6 Å². The molecule has 0 unspecified atom stereocenters. The lowest BCUT2D eigenvalue weighted by atomic mass is 9.84. The molecule has 0 aliphatic rings. The number of H-pyrrole nitrogens is 2. The van der Waals surface area contributed by atoms with Gasteiger partial charge in [-0.25, -0.2) is 9.89 Å². The molecule has 4 N–H and O–H groups in total. The van der Waals surface area contributed by atoms with Gasteiger partial charge in [-0.15, -0.1) is 5.10 Å². The summed E-state index contributed by atoms with van der Waals surface area (Å²) in [5.41, 5.74) is -1.38. The molecule has 0 fully saturated rings. The fraction of sp³-hybridized carbons (Fsp3) is 0.636. The number of hydrogen-bond donors (Lipinski definition) is 4. The smallest absolute Gasteiger partial charge is 0.342 e. The van der Waals surface area contributed by atoms with Crippen molar-refractivity contribution < 1.29 is 9.90 Å². The Kier molecular flexibility index (Phi) is 4.85.